The fourth-order valence-corrected chi connectivity index (χ4v) is 3.82. The van der Waals surface area contributed by atoms with Crippen molar-refractivity contribution in [1.82, 2.24) is 0 Å². The van der Waals surface area contributed by atoms with Gasteiger partial charge in [0, 0.05) is 23.1 Å². The standard InChI is InChI=1S/C30H30O7/c1-36-26-13-6-5-10-21(26)9-4-2-3-7-18-37-27-16-14-24(19-22(27)15-17-28(31)32)29(33)23-11-8-12-25(20-23)30(34)35/h4-6,8-14,16,19-20H,2-3,7,15,17-18H2,1H3,(H,31,32)(H,34,35)/b9-4+. The molecule has 0 saturated heterocycles. The number of carbonyl (C=O) groups is 3. The van der Waals surface area contributed by atoms with Crippen molar-refractivity contribution in [2.45, 2.75) is 32.1 Å². The third kappa shape index (κ3) is 8.07. The number of rotatable bonds is 14. The number of ether oxygens (including phenoxy) is 2. The van der Waals surface area contributed by atoms with E-state index in [1.54, 1.807) is 31.4 Å². The fraction of sp³-hybridized carbons (Fsp3) is 0.233. The number of carboxylic acid groups (broad SMARTS) is 2. The number of unbranched alkanes of at least 4 members (excludes halogenated alkanes) is 2. The summed E-state index contributed by atoms with van der Waals surface area (Å²) in [6.45, 7) is 0.455. The van der Waals surface area contributed by atoms with Crippen LogP contribution in [0.15, 0.2) is 72.8 Å². The number of carboxylic acids is 2. The second kappa shape index (κ2) is 13.6. The van der Waals surface area contributed by atoms with Crippen LogP contribution in [0.4, 0.5) is 0 Å². The largest absolute Gasteiger partial charge is 0.496 e. The van der Waals surface area contributed by atoms with Gasteiger partial charge in [-0.2, -0.15) is 0 Å². The topological polar surface area (TPSA) is 110 Å². The second-order valence-electron chi connectivity index (χ2n) is 8.42. The van der Waals surface area contributed by atoms with Gasteiger partial charge in [-0.15, -0.1) is 0 Å². The van der Waals surface area contributed by atoms with Crippen LogP contribution < -0.4 is 9.47 Å². The zero-order chi connectivity index (χ0) is 26.6. The molecule has 192 valence electrons. The molecule has 0 spiro atoms. The highest BCUT2D eigenvalue weighted by atomic mass is 16.5. The Labute approximate surface area is 216 Å². The number of para-hydroxylation sites is 1. The smallest absolute Gasteiger partial charge is 0.335 e. The Balaban J connectivity index is 1.61. The van der Waals surface area contributed by atoms with Gasteiger partial charge in [-0.05, 0) is 67.6 Å². The third-order valence-electron chi connectivity index (χ3n) is 5.76. The van der Waals surface area contributed by atoms with E-state index < -0.39 is 11.9 Å². The van der Waals surface area contributed by atoms with Gasteiger partial charge in [0.05, 0.1) is 19.3 Å². The molecule has 3 aromatic rings. The molecule has 0 atom stereocenters. The summed E-state index contributed by atoms with van der Waals surface area (Å²) < 4.78 is 11.3. The van der Waals surface area contributed by atoms with Crippen LogP contribution in [0.1, 0.15) is 63.1 Å². The van der Waals surface area contributed by atoms with Crippen molar-refractivity contribution in [3.8, 4) is 11.5 Å². The second-order valence-corrected chi connectivity index (χ2v) is 8.42. The van der Waals surface area contributed by atoms with Gasteiger partial charge in [0.15, 0.2) is 5.78 Å². The van der Waals surface area contributed by atoms with Crippen molar-refractivity contribution in [3.05, 3.63) is 101 Å². The van der Waals surface area contributed by atoms with Crippen LogP contribution in [-0.4, -0.2) is 41.7 Å². The van der Waals surface area contributed by atoms with E-state index in [1.807, 2.05) is 30.3 Å². The molecule has 0 aliphatic carbocycles. The molecule has 0 aliphatic heterocycles. The molecule has 0 aliphatic rings. The van der Waals surface area contributed by atoms with E-state index in [2.05, 4.69) is 6.08 Å². The Morgan fingerprint density at radius 1 is 0.838 bits per heavy atom. The first-order chi connectivity index (χ1) is 17.9. The molecule has 7 heteroatoms. The molecule has 0 fully saturated rings. The highest BCUT2D eigenvalue weighted by Crippen LogP contribution is 2.25. The maximum atomic E-state index is 13.0. The summed E-state index contributed by atoms with van der Waals surface area (Å²) in [7, 11) is 1.65. The number of carbonyl (C=O) groups excluding carboxylic acids is 1. The van der Waals surface area contributed by atoms with E-state index >= 15 is 0 Å². The lowest BCUT2D eigenvalue weighted by molar-refractivity contribution is -0.136. The molecular weight excluding hydrogens is 472 g/mol. The molecule has 2 N–H and O–H groups in total. The Bertz CT molecular complexity index is 1280. The number of hydrogen-bond donors (Lipinski definition) is 2. The van der Waals surface area contributed by atoms with E-state index in [0.717, 1.165) is 30.6 Å². The van der Waals surface area contributed by atoms with E-state index in [1.165, 1.54) is 18.2 Å². The zero-order valence-corrected chi connectivity index (χ0v) is 20.7. The third-order valence-corrected chi connectivity index (χ3v) is 5.76. The quantitative estimate of drug-likeness (QED) is 0.208. The van der Waals surface area contributed by atoms with Gasteiger partial charge in [0.1, 0.15) is 11.5 Å². The summed E-state index contributed by atoms with van der Waals surface area (Å²) in [5.41, 5.74) is 2.26. The Kier molecular flexibility index (Phi) is 10.0. The number of aromatic carboxylic acids is 1. The van der Waals surface area contributed by atoms with E-state index in [9.17, 15) is 19.5 Å². The van der Waals surface area contributed by atoms with E-state index in [-0.39, 0.29) is 29.8 Å². The van der Waals surface area contributed by atoms with Crippen LogP contribution in [0.2, 0.25) is 0 Å². The Hall–Kier alpha value is -4.39. The molecule has 0 saturated carbocycles. The van der Waals surface area contributed by atoms with Crippen molar-refractivity contribution < 1.29 is 34.1 Å². The van der Waals surface area contributed by atoms with Crippen molar-refractivity contribution in [2.75, 3.05) is 13.7 Å². The molecule has 0 aromatic heterocycles. The van der Waals surface area contributed by atoms with E-state index in [4.69, 9.17) is 14.6 Å². The molecule has 0 unspecified atom stereocenters. The molecule has 0 heterocycles. The number of hydrogen-bond acceptors (Lipinski definition) is 5. The summed E-state index contributed by atoms with van der Waals surface area (Å²) in [5.74, 6) is -1.03. The minimum atomic E-state index is -1.11. The van der Waals surface area contributed by atoms with Crippen LogP contribution in [0, 0.1) is 0 Å². The minimum Gasteiger partial charge on any atom is -0.496 e. The van der Waals surface area contributed by atoms with Crippen molar-refractivity contribution in [3.63, 3.8) is 0 Å². The maximum absolute atomic E-state index is 13.0. The van der Waals surface area contributed by atoms with Crippen molar-refractivity contribution in [1.29, 1.82) is 0 Å². The van der Waals surface area contributed by atoms with Crippen molar-refractivity contribution >= 4 is 23.8 Å². The van der Waals surface area contributed by atoms with Crippen LogP contribution in [0.25, 0.3) is 6.08 Å². The van der Waals surface area contributed by atoms with Gasteiger partial charge >= 0.3 is 11.9 Å². The zero-order valence-electron chi connectivity index (χ0n) is 20.7. The van der Waals surface area contributed by atoms with Crippen LogP contribution >= 0.6 is 0 Å². The maximum Gasteiger partial charge on any atom is 0.335 e. The van der Waals surface area contributed by atoms with Gasteiger partial charge in [0.2, 0.25) is 0 Å². The molecular formula is C30H30O7. The van der Waals surface area contributed by atoms with Crippen molar-refractivity contribution in [2.24, 2.45) is 0 Å². The molecule has 0 bridgehead atoms. The lowest BCUT2D eigenvalue weighted by Gasteiger charge is -2.13. The van der Waals surface area contributed by atoms with Gasteiger partial charge in [-0.3, -0.25) is 9.59 Å². The van der Waals surface area contributed by atoms with Gasteiger partial charge < -0.3 is 19.7 Å². The average molecular weight is 503 g/mol. The predicted octanol–water partition coefficient (Wildman–Crippen LogP) is 5.90. The van der Waals surface area contributed by atoms with E-state index in [0.29, 0.717) is 23.5 Å². The monoisotopic (exact) mass is 502 g/mol. The molecule has 0 radical (unpaired) electrons. The first kappa shape index (κ1) is 27.2. The number of methoxy groups -OCH3 is 1. The summed E-state index contributed by atoms with van der Waals surface area (Å²) in [5, 5.41) is 18.3. The van der Waals surface area contributed by atoms with Crippen LogP contribution in [0.5, 0.6) is 11.5 Å². The molecule has 0 amide bonds. The normalized spacial score (nSPS) is 10.8. The van der Waals surface area contributed by atoms with Gasteiger partial charge in [-0.25, -0.2) is 4.79 Å². The number of aliphatic carboxylic acids is 1. The highest BCUT2D eigenvalue weighted by Gasteiger charge is 2.15. The van der Waals surface area contributed by atoms with Gasteiger partial charge in [0.25, 0.3) is 0 Å². The Morgan fingerprint density at radius 3 is 2.35 bits per heavy atom. The first-order valence-electron chi connectivity index (χ1n) is 12.0. The van der Waals surface area contributed by atoms with Crippen LogP contribution in [-0.2, 0) is 11.2 Å². The van der Waals surface area contributed by atoms with Crippen LogP contribution in [0.3, 0.4) is 0 Å². The molecule has 7 nitrogen and oxygen atoms in total. The summed E-state index contributed by atoms with van der Waals surface area (Å²) in [6.07, 6.45) is 6.82. The lowest BCUT2D eigenvalue weighted by atomic mass is 9.98. The molecule has 37 heavy (non-hydrogen) atoms. The van der Waals surface area contributed by atoms with Gasteiger partial charge in [-0.1, -0.05) is 42.5 Å². The summed E-state index contributed by atoms with van der Waals surface area (Å²) in [6, 6.07) is 18.5. The number of ketones is 1. The molecule has 3 aromatic carbocycles. The fourth-order valence-electron chi connectivity index (χ4n) is 3.82. The predicted molar refractivity (Wildman–Crippen MR) is 141 cm³/mol. The average Bonchev–Trinajstić information content (AvgIpc) is 2.91. The first-order valence-corrected chi connectivity index (χ1v) is 12.0. The highest BCUT2D eigenvalue weighted by molar-refractivity contribution is 6.10. The summed E-state index contributed by atoms with van der Waals surface area (Å²) in [4.78, 5) is 35.4. The lowest BCUT2D eigenvalue weighted by Crippen LogP contribution is -2.07. The number of allylic oxidation sites excluding steroid dienone is 1. The number of benzene rings is 3. The Morgan fingerprint density at radius 2 is 1.59 bits per heavy atom. The minimum absolute atomic E-state index is 0.0228. The molecule has 3 rings (SSSR count). The summed E-state index contributed by atoms with van der Waals surface area (Å²) >= 11 is 0. The number of aryl methyl sites for hydroxylation is 1. The SMILES string of the molecule is COc1ccccc1/C=C/CCCCOc1ccc(C(=O)c2cccc(C(=O)O)c2)cc1CCC(=O)O.